The van der Waals surface area contributed by atoms with Gasteiger partial charge >= 0.3 is 12.0 Å². The summed E-state index contributed by atoms with van der Waals surface area (Å²) in [6.07, 6.45) is 3.28. The molecule has 2 aliphatic heterocycles. The van der Waals surface area contributed by atoms with Crippen molar-refractivity contribution in [3.05, 3.63) is 0 Å². The summed E-state index contributed by atoms with van der Waals surface area (Å²) >= 11 is 0. The molecule has 21 heavy (non-hydrogen) atoms. The number of carbonyl (C=O) groups excluding carboxylic acids is 1. The molecule has 120 valence electrons. The van der Waals surface area contributed by atoms with Crippen LogP contribution in [-0.4, -0.2) is 53.1 Å². The highest BCUT2D eigenvalue weighted by molar-refractivity contribution is 5.77. The van der Waals surface area contributed by atoms with Crippen molar-refractivity contribution in [3.8, 4) is 0 Å². The highest BCUT2D eigenvalue weighted by Gasteiger charge is 2.39. The number of piperidine rings is 2. The Balaban J connectivity index is 1.84. The topological polar surface area (TPSA) is 60.9 Å². The van der Waals surface area contributed by atoms with E-state index in [1.165, 1.54) is 0 Å². The third-order valence-corrected chi connectivity index (χ3v) is 5.41. The highest BCUT2D eigenvalue weighted by Crippen LogP contribution is 2.32. The lowest BCUT2D eigenvalue weighted by Gasteiger charge is -2.41. The Morgan fingerprint density at radius 3 is 1.95 bits per heavy atom. The minimum Gasteiger partial charge on any atom is -0.481 e. The largest absolute Gasteiger partial charge is 0.481 e. The van der Waals surface area contributed by atoms with Gasteiger partial charge in [0.05, 0.1) is 5.41 Å². The number of carboxylic acids is 1. The molecule has 0 aromatic heterocycles. The van der Waals surface area contributed by atoms with Crippen LogP contribution in [0.5, 0.6) is 0 Å². The molecule has 2 fully saturated rings. The number of hydrogen-bond acceptors (Lipinski definition) is 2. The van der Waals surface area contributed by atoms with Crippen LogP contribution >= 0.6 is 0 Å². The van der Waals surface area contributed by atoms with Crippen LogP contribution in [0.2, 0.25) is 0 Å². The number of amides is 2. The van der Waals surface area contributed by atoms with Gasteiger partial charge in [-0.1, -0.05) is 13.8 Å². The van der Waals surface area contributed by atoms with E-state index in [-0.39, 0.29) is 6.03 Å². The molecule has 0 saturated carbocycles. The molecule has 2 amide bonds. The average Bonchev–Trinajstić information content (AvgIpc) is 2.47. The Labute approximate surface area is 127 Å². The van der Waals surface area contributed by atoms with Crippen LogP contribution in [0.1, 0.15) is 46.5 Å². The summed E-state index contributed by atoms with van der Waals surface area (Å²) in [6.45, 7) is 9.09. The Morgan fingerprint density at radius 2 is 1.52 bits per heavy atom. The SMILES string of the molecule is CC(C)C1CCN(C(=O)N2CCC(C)(C(=O)O)CC2)CC1. The normalized spacial score (nSPS) is 23.4. The van der Waals surface area contributed by atoms with Crippen molar-refractivity contribution >= 4 is 12.0 Å². The van der Waals surface area contributed by atoms with E-state index in [0.717, 1.165) is 31.8 Å². The van der Waals surface area contributed by atoms with Gasteiger partial charge in [0.1, 0.15) is 0 Å². The lowest BCUT2D eigenvalue weighted by Crippen LogP contribution is -2.51. The minimum absolute atomic E-state index is 0.102. The number of hydrogen-bond donors (Lipinski definition) is 1. The monoisotopic (exact) mass is 296 g/mol. The molecule has 0 bridgehead atoms. The van der Waals surface area contributed by atoms with Crippen LogP contribution in [0.25, 0.3) is 0 Å². The van der Waals surface area contributed by atoms with E-state index in [1.807, 2.05) is 9.80 Å². The molecule has 0 aromatic rings. The van der Waals surface area contributed by atoms with Gasteiger partial charge in [-0.2, -0.15) is 0 Å². The number of carboxylic acid groups (broad SMARTS) is 1. The zero-order valence-corrected chi connectivity index (χ0v) is 13.5. The van der Waals surface area contributed by atoms with E-state index in [1.54, 1.807) is 6.92 Å². The first kappa shape index (κ1) is 16.1. The first-order valence-electron chi connectivity index (χ1n) is 8.11. The second-order valence-electron chi connectivity index (χ2n) is 7.20. The van der Waals surface area contributed by atoms with Gasteiger partial charge < -0.3 is 14.9 Å². The quantitative estimate of drug-likeness (QED) is 0.852. The fourth-order valence-corrected chi connectivity index (χ4v) is 3.36. The Bertz CT molecular complexity index is 392. The molecular weight excluding hydrogens is 268 g/mol. The third-order valence-electron chi connectivity index (χ3n) is 5.41. The lowest BCUT2D eigenvalue weighted by atomic mass is 9.80. The fourth-order valence-electron chi connectivity index (χ4n) is 3.36. The predicted molar refractivity (Wildman–Crippen MR) is 81.1 cm³/mol. The number of aliphatic carboxylic acids is 1. The standard InChI is InChI=1S/C16H28N2O3/c1-12(2)13-4-8-17(9-5-13)15(21)18-10-6-16(3,7-11-18)14(19)20/h12-13H,4-11H2,1-3H3,(H,19,20). The number of rotatable bonds is 2. The molecule has 0 aliphatic carbocycles. The zero-order valence-electron chi connectivity index (χ0n) is 13.5. The van der Waals surface area contributed by atoms with Crippen LogP contribution in [0.15, 0.2) is 0 Å². The summed E-state index contributed by atoms with van der Waals surface area (Å²) < 4.78 is 0. The summed E-state index contributed by atoms with van der Waals surface area (Å²) in [4.78, 5) is 27.5. The van der Waals surface area contributed by atoms with Gasteiger partial charge in [0, 0.05) is 26.2 Å². The van der Waals surface area contributed by atoms with Crippen LogP contribution in [0.4, 0.5) is 4.79 Å². The van der Waals surface area contributed by atoms with Crippen LogP contribution in [0.3, 0.4) is 0 Å². The molecule has 5 heteroatoms. The van der Waals surface area contributed by atoms with Crippen LogP contribution in [0, 0.1) is 17.3 Å². The van der Waals surface area contributed by atoms with Crippen molar-refractivity contribution in [2.75, 3.05) is 26.2 Å². The molecule has 1 N–H and O–H groups in total. The Kier molecular flexibility index (Phi) is 4.79. The van der Waals surface area contributed by atoms with Gasteiger partial charge in [-0.3, -0.25) is 4.79 Å². The second-order valence-corrected chi connectivity index (χ2v) is 7.20. The Morgan fingerprint density at radius 1 is 1.05 bits per heavy atom. The van der Waals surface area contributed by atoms with E-state index in [4.69, 9.17) is 0 Å². The van der Waals surface area contributed by atoms with Gasteiger partial charge in [0.15, 0.2) is 0 Å². The summed E-state index contributed by atoms with van der Waals surface area (Å²) in [7, 11) is 0. The average molecular weight is 296 g/mol. The van der Waals surface area contributed by atoms with Crippen LogP contribution in [-0.2, 0) is 4.79 Å². The molecule has 2 saturated heterocycles. The van der Waals surface area contributed by atoms with Crippen molar-refractivity contribution < 1.29 is 14.7 Å². The van der Waals surface area contributed by atoms with E-state index in [9.17, 15) is 14.7 Å². The van der Waals surface area contributed by atoms with Gasteiger partial charge in [-0.15, -0.1) is 0 Å². The van der Waals surface area contributed by atoms with E-state index < -0.39 is 11.4 Å². The molecule has 2 rings (SSSR count). The summed E-state index contributed by atoms with van der Waals surface area (Å²) in [5.41, 5.74) is -0.665. The Hall–Kier alpha value is -1.26. The molecular formula is C16H28N2O3. The molecule has 0 atom stereocenters. The van der Waals surface area contributed by atoms with Gasteiger partial charge in [0.25, 0.3) is 0 Å². The third kappa shape index (κ3) is 3.50. The van der Waals surface area contributed by atoms with Gasteiger partial charge in [-0.05, 0) is 44.4 Å². The van der Waals surface area contributed by atoms with Crippen molar-refractivity contribution in [1.29, 1.82) is 0 Å². The molecule has 0 aromatic carbocycles. The smallest absolute Gasteiger partial charge is 0.319 e. The molecule has 0 spiro atoms. The van der Waals surface area contributed by atoms with Gasteiger partial charge in [-0.25, -0.2) is 4.79 Å². The van der Waals surface area contributed by atoms with E-state index in [0.29, 0.717) is 31.8 Å². The lowest BCUT2D eigenvalue weighted by molar-refractivity contribution is -0.150. The number of nitrogens with zero attached hydrogens (tertiary/aromatic N) is 2. The van der Waals surface area contributed by atoms with Crippen molar-refractivity contribution in [2.24, 2.45) is 17.3 Å². The first-order valence-corrected chi connectivity index (χ1v) is 8.11. The minimum atomic E-state index is -0.743. The molecule has 0 unspecified atom stereocenters. The van der Waals surface area contributed by atoms with Crippen molar-refractivity contribution in [2.45, 2.75) is 46.5 Å². The second kappa shape index (κ2) is 6.24. The molecule has 0 radical (unpaired) electrons. The number of urea groups is 1. The maximum atomic E-state index is 12.5. The van der Waals surface area contributed by atoms with E-state index in [2.05, 4.69) is 13.8 Å². The molecule has 2 aliphatic rings. The highest BCUT2D eigenvalue weighted by atomic mass is 16.4. The number of likely N-dealkylation sites (tertiary alicyclic amines) is 2. The van der Waals surface area contributed by atoms with Gasteiger partial charge in [0.2, 0.25) is 0 Å². The van der Waals surface area contributed by atoms with Crippen molar-refractivity contribution in [1.82, 2.24) is 9.80 Å². The maximum Gasteiger partial charge on any atom is 0.319 e. The number of carbonyl (C=O) groups is 2. The maximum absolute atomic E-state index is 12.5. The predicted octanol–water partition coefficient (Wildman–Crippen LogP) is 2.66. The fraction of sp³-hybridized carbons (Fsp3) is 0.875. The van der Waals surface area contributed by atoms with Crippen molar-refractivity contribution in [3.63, 3.8) is 0 Å². The summed E-state index contributed by atoms with van der Waals surface area (Å²) in [5.74, 6) is 0.673. The zero-order chi connectivity index (χ0) is 15.6. The summed E-state index contributed by atoms with van der Waals surface area (Å²) in [6, 6.07) is 0.102. The van der Waals surface area contributed by atoms with Crippen LogP contribution < -0.4 is 0 Å². The molecule has 2 heterocycles. The first-order chi connectivity index (χ1) is 9.83. The summed E-state index contributed by atoms with van der Waals surface area (Å²) in [5, 5.41) is 9.24. The van der Waals surface area contributed by atoms with E-state index >= 15 is 0 Å². The molecule has 5 nitrogen and oxygen atoms in total.